The predicted octanol–water partition coefficient (Wildman–Crippen LogP) is 0.127. The molecule has 1 fully saturated rings. The minimum absolute atomic E-state index is 0.291. The fourth-order valence-electron chi connectivity index (χ4n) is 2.49. The van der Waals surface area contributed by atoms with Crippen LogP contribution in [0.3, 0.4) is 0 Å². The summed E-state index contributed by atoms with van der Waals surface area (Å²) in [6, 6.07) is 1.72. The zero-order valence-corrected chi connectivity index (χ0v) is 14.1. The first-order valence-electron chi connectivity index (χ1n) is 7.73. The van der Waals surface area contributed by atoms with Gasteiger partial charge in [0.15, 0.2) is 0 Å². The second-order valence-electron chi connectivity index (χ2n) is 6.74. The van der Waals surface area contributed by atoms with Gasteiger partial charge in [0.05, 0.1) is 0 Å². The van der Waals surface area contributed by atoms with E-state index in [1.54, 1.807) is 11.0 Å². The molecule has 126 valence electrons. The van der Waals surface area contributed by atoms with E-state index >= 15 is 0 Å². The van der Waals surface area contributed by atoms with Crippen molar-refractivity contribution in [3.05, 3.63) is 17.8 Å². The third-order valence-electron chi connectivity index (χ3n) is 3.60. The summed E-state index contributed by atoms with van der Waals surface area (Å²) in [5, 5.41) is 18.4. The fraction of sp³-hybridized carbons (Fsp3) is 0.600. The summed E-state index contributed by atoms with van der Waals surface area (Å²) in [4.78, 5) is 20.2. The number of aromatic nitrogens is 1. The molecule has 2 heterocycles. The Labute approximate surface area is 137 Å². The van der Waals surface area contributed by atoms with Gasteiger partial charge in [0.25, 0.3) is 0 Å². The highest BCUT2D eigenvalue weighted by atomic mass is 16.6. The molecule has 0 aliphatic carbocycles. The number of piperazine rings is 1. The summed E-state index contributed by atoms with van der Waals surface area (Å²) in [6.45, 7) is 9.90. The zero-order chi connectivity index (χ0) is 17.2. The van der Waals surface area contributed by atoms with Crippen molar-refractivity contribution in [2.24, 2.45) is 0 Å². The van der Waals surface area contributed by atoms with Crippen molar-refractivity contribution in [1.29, 1.82) is 0 Å². The average molecular weight is 321 g/mol. The van der Waals surface area contributed by atoms with Crippen LogP contribution in [-0.4, -0.2) is 64.9 Å². The van der Waals surface area contributed by atoms with Gasteiger partial charge in [-0.05, 0) is 33.3 Å². The molecule has 1 amide bonds. The van der Waals surface area contributed by atoms with Crippen molar-refractivity contribution in [2.75, 3.05) is 31.1 Å². The standard InChI is InChI=1S/C15H24BN3O4/c1-11-9-12(16(21)22)10-17-13(11)18-5-7-19(8-6-18)14(20)23-15(2,3)4/h9-10,21-22H,5-8H2,1-4H3. The smallest absolute Gasteiger partial charge is 0.444 e. The van der Waals surface area contributed by atoms with E-state index in [2.05, 4.69) is 9.88 Å². The molecule has 0 unspecified atom stereocenters. The van der Waals surface area contributed by atoms with E-state index in [4.69, 9.17) is 4.74 Å². The SMILES string of the molecule is Cc1cc(B(O)O)cnc1N1CCN(C(=O)OC(C)(C)C)CC1. The van der Waals surface area contributed by atoms with Crippen molar-refractivity contribution in [1.82, 2.24) is 9.88 Å². The minimum atomic E-state index is -1.51. The number of anilines is 1. The third kappa shape index (κ3) is 4.59. The molecule has 2 N–H and O–H groups in total. The number of amides is 1. The predicted molar refractivity (Wildman–Crippen MR) is 88.8 cm³/mol. The van der Waals surface area contributed by atoms with Gasteiger partial charge in [-0.3, -0.25) is 0 Å². The Balaban J connectivity index is 1.98. The minimum Gasteiger partial charge on any atom is -0.444 e. The first-order chi connectivity index (χ1) is 10.7. The largest absolute Gasteiger partial charge is 0.490 e. The van der Waals surface area contributed by atoms with Gasteiger partial charge >= 0.3 is 13.2 Å². The highest BCUT2D eigenvalue weighted by Crippen LogP contribution is 2.18. The quantitative estimate of drug-likeness (QED) is 0.753. The lowest BCUT2D eigenvalue weighted by atomic mass is 9.81. The van der Waals surface area contributed by atoms with Crippen LogP contribution in [0.25, 0.3) is 0 Å². The van der Waals surface area contributed by atoms with E-state index < -0.39 is 12.7 Å². The third-order valence-corrected chi connectivity index (χ3v) is 3.60. The Hall–Kier alpha value is -1.80. The Bertz CT molecular complexity index is 566. The van der Waals surface area contributed by atoms with Crippen LogP contribution in [0.2, 0.25) is 0 Å². The fourth-order valence-corrected chi connectivity index (χ4v) is 2.49. The van der Waals surface area contributed by atoms with Crippen LogP contribution in [0.15, 0.2) is 12.3 Å². The molecule has 7 nitrogen and oxygen atoms in total. The lowest BCUT2D eigenvalue weighted by Crippen LogP contribution is -2.50. The van der Waals surface area contributed by atoms with Gasteiger partial charge in [0.2, 0.25) is 0 Å². The van der Waals surface area contributed by atoms with E-state index in [1.807, 2.05) is 27.7 Å². The monoisotopic (exact) mass is 321 g/mol. The van der Waals surface area contributed by atoms with Crippen LogP contribution >= 0.6 is 0 Å². The second kappa shape index (κ2) is 6.76. The second-order valence-corrected chi connectivity index (χ2v) is 6.74. The van der Waals surface area contributed by atoms with Gasteiger partial charge in [0.1, 0.15) is 11.4 Å². The van der Waals surface area contributed by atoms with Gasteiger partial charge in [-0.1, -0.05) is 6.07 Å². The highest BCUT2D eigenvalue weighted by Gasteiger charge is 2.27. The van der Waals surface area contributed by atoms with Gasteiger partial charge in [-0.25, -0.2) is 9.78 Å². The van der Waals surface area contributed by atoms with Crippen molar-refractivity contribution in [3.63, 3.8) is 0 Å². The highest BCUT2D eigenvalue weighted by molar-refractivity contribution is 6.58. The molecule has 0 radical (unpaired) electrons. The van der Waals surface area contributed by atoms with E-state index in [-0.39, 0.29) is 6.09 Å². The van der Waals surface area contributed by atoms with Crippen molar-refractivity contribution in [2.45, 2.75) is 33.3 Å². The van der Waals surface area contributed by atoms with E-state index in [0.717, 1.165) is 11.4 Å². The van der Waals surface area contributed by atoms with Crippen molar-refractivity contribution >= 4 is 24.5 Å². The number of hydrogen-bond acceptors (Lipinski definition) is 6. The molecule has 1 aliphatic heterocycles. The zero-order valence-electron chi connectivity index (χ0n) is 14.1. The summed E-state index contributed by atoms with van der Waals surface area (Å²) in [6.07, 6.45) is 1.17. The number of carbonyl (C=O) groups excluding carboxylic acids is 1. The maximum atomic E-state index is 12.1. The maximum Gasteiger partial charge on any atom is 0.490 e. The average Bonchev–Trinajstić information content (AvgIpc) is 2.45. The van der Waals surface area contributed by atoms with Crippen molar-refractivity contribution < 1.29 is 19.6 Å². The molecule has 1 saturated heterocycles. The number of carbonyl (C=O) groups is 1. The summed E-state index contributed by atoms with van der Waals surface area (Å²) >= 11 is 0. The molecule has 23 heavy (non-hydrogen) atoms. The van der Waals surface area contributed by atoms with Crippen LogP contribution in [-0.2, 0) is 4.74 Å². The lowest BCUT2D eigenvalue weighted by Gasteiger charge is -2.36. The summed E-state index contributed by atoms with van der Waals surface area (Å²) in [5.41, 5.74) is 0.757. The summed E-state index contributed by atoms with van der Waals surface area (Å²) < 4.78 is 5.38. The molecule has 0 bridgehead atoms. The van der Waals surface area contributed by atoms with Crippen LogP contribution in [0, 0.1) is 6.92 Å². The Morgan fingerprint density at radius 2 is 1.87 bits per heavy atom. The topological polar surface area (TPSA) is 86.1 Å². The Morgan fingerprint density at radius 3 is 2.35 bits per heavy atom. The molecular formula is C15H24BN3O4. The van der Waals surface area contributed by atoms with Crippen molar-refractivity contribution in [3.8, 4) is 0 Å². The molecule has 1 aromatic heterocycles. The Kier molecular flexibility index (Phi) is 5.16. The molecule has 8 heteroatoms. The Morgan fingerprint density at radius 1 is 1.26 bits per heavy atom. The van der Waals surface area contributed by atoms with Gasteiger partial charge in [0, 0.05) is 37.8 Å². The molecule has 0 spiro atoms. The van der Waals surface area contributed by atoms with Crippen LogP contribution in [0.1, 0.15) is 26.3 Å². The summed E-state index contributed by atoms with van der Waals surface area (Å²) in [5.74, 6) is 0.804. The first-order valence-corrected chi connectivity index (χ1v) is 7.73. The van der Waals surface area contributed by atoms with E-state index in [0.29, 0.717) is 31.6 Å². The molecule has 1 aliphatic rings. The molecule has 2 rings (SSSR count). The summed E-state index contributed by atoms with van der Waals surface area (Å²) in [7, 11) is -1.51. The maximum absolute atomic E-state index is 12.1. The van der Waals surface area contributed by atoms with E-state index in [9.17, 15) is 14.8 Å². The first kappa shape index (κ1) is 17.6. The van der Waals surface area contributed by atoms with Gasteiger partial charge in [-0.15, -0.1) is 0 Å². The number of nitrogens with zero attached hydrogens (tertiary/aromatic N) is 3. The molecular weight excluding hydrogens is 297 g/mol. The van der Waals surface area contributed by atoms with Gasteiger partial charge < -0.3 is 24.6 Å². The number of rotatable bonds is 2. The number of pyridine rings is 1. The lowest BCUT2D eigenvalue weighted by molar-refractivity contribution is 0.0240. The van der Waals surface area contributed by atoms with Crippen LogP contribution in [0.5, 0.6) is 0 Å². The number of hydrogen-bond donors (Lipinski definition) is 2. The number of ether oxygens (including phenoxy) is 1. The molecule has 0 aromatic carbocycles. The van der Waals surface area contributed by atoms with Crippen LogP contribution in [0.4, 0.5) is 10.6 Å². The molecule has 0 atom stereocenters. The van der Waals surface area contributed by atoms with E-state index in [1.165, 1.54) is 6.20 Å². The number of aryl methyl sites for hydroxylation is 1. The van der Waals surface area contributed by atoms with Crippen LogP contribution < -0.4 is 10.4 Å². The normalized spacial score (nSPS) is 15.6. The molecule has 1 aromatic rings. The van der Waals surface area contributed by atoms with Gasteiger partial charge in [-0.2, -0.15) is 0 Å². The molecule has 0 saturated carbocycles.